The van der Waals surface area contributed by atoms with Crippen LogP contribution in [0.4, 0.5) is 0 Å². The van der Waals surface area contributed by atoms with E-state index in [2.05, 4.69) is 4.72 Å². The smallest absolute Gasteiger partial charge is 0.207 e. The van der Waals surface area contributed by atoms with E-state index in [1.54, 1.807) is 0 Å². The quantitative estimate of drug-likeness (QED) is 0.933. The van der Waals surface area contributed by atoms with E-state index >= 15 is 0 Å². The van der Waals surface area contributed by atoms with Crippen LogP contribution in [0.2, 0.25) is 5.02 Å². The summed E-state index contributed by atoms with van der Waals surface area (Å²) < 4.78 is 27.3. The highest BCUT2D eigenvalue weighted by molar-refractivity contribution is 7.89. The monoisotopic (exact) mass is 298 g/mol. The van der Waals surface area contributed by atoms with Crippen LogP contribution in [-0.2, 0) is 10.0 Å². The number of halogens is 1. The first-order valence-electron chi connectivity index (χ1n) is 6.10. The van der Waals surface area contributed by atoms with Gasteiger partial charge in [0.15, 0.2) is 0 Å². The Bertz CT molecular complexity index is 629. The second-order valence-corrected chi connectivity index (χ2v) is 7.22. The van der Waals surface area contributed by atoms with Crippen LogP contribution in [0, 0.1) is 11.3 Å². The molecule has 0 atom stereocenters. The van der Waals surface area contributed by atoms with Gasteiger partial charge in [0.2, 0.25) is 10.0 Å². The molecule has 1 N–H and O–H groups in total. The number of nitriles is 1. The first kappa shape index (κ1) is 14.3. The maximum Gasteiger partial charge on any atom is 0.241 e. The van der Waals surface area contributed by atoms with Gasteiger partial charge in [-0.3, -0.25) is 0 Å². The highest BCUT2D eigenvalue weighted by Gasteiger charge is 2.33. The molecule has 0 saturated heterocycles. The van der Waals surface area contributed by atoms with Gasteiger partial charge in [0.1, 0.15) is 6.07 Å². The summed E-state index contributed by atoms with van der Waals surface area (Å²) in [5.74, 6) is 0. The minimum Gasteiger partial charge on any atom is -0.207 e. The number of nitrogens with one attached hydrogen (secondary N) is 1. The highest BCUT2D eigenvalue weighted by atomic mass is 35.5. The van der Waals surface area contributed by atoms with Gasteiger partial charge in [0.25, 0.3) is 0 Å². The topological polar surface area (TPSA) is 70.0 Å². The van der Waals surface area contributed by atoms with Crippen LogP contribution in [0.3, 0.4) is 0 Å². The Morgan fingerprint density at radius 2 is 2.00 bits per heavy atom. The number of benzene rings is 1. The molecule has 0 bridgehead atoms. The van der Waals surface area contributed by atoms with E-state index < -0.39 is 10.0 Å². The molecule has 0 aromatic heterocycles. The van der Waals surface area contributed by atoms with Crippen molar-refractivity contribution in [2.75, 3.05) is 0 Å². The lowest BCUT2D eigenvalue weighted by molar-refractivity contribution is 0.427. The van der Waals surface area contributed by atoms with E-state index in [-0.39, 0.29) is 21.0 Å². The van der Waals surface area contributed by atoms with Gasteiger partial charge < -0.3 is 0 Å². The van der Waals surface area contributed by atoms with Crippen LogP contribution in [0.5, 0.6) is 0 Å². The zero-order valence-corrected chi connectivity index (χ0v) is 12.2. The van der Waals surface area contributed by atoms with Crippen LogP contribution in [0.1, 0.15) is 38.2 Å². The number of sulfonamides is 1. The van der Waals surface area contributed by atoms with E-state index in [1.807, 2.05) is 13.0 Å². The van der Waals surface area contributed by atoms with E-state index in [4.69, 9.17) is 16.9 Å². The molecule has 6 heteroatoms. The van der Waals surface area contributed by atoms with Crippen LogP contribution in [0.25, 0.3) is 0 Å². The molecule has 1 aromatic carbocycles. The standard InChI is InChI=1S/C13H15ClN2O2S/c1-13(6-2-3-7-13)16-19(17,18)11-5-4-10(9-15)12(14)8-11/h4-5,8,16H,2-3,6-7H2,1H3. The van der Waals surface area contributed by atoms with Crippen molar-refractivity contribution in [2.45, 2.75) is 43.0 Å². The molecule has 1 saturated carbocycles. The number of rotatable bonds is 3. The van der Waals surface area contributed by atoms with Crippen LogP contribution in [0.15, 0.2) is 23.1 Å². The van der Waals surface area contributed by atoms with Gasteiger partial charge in [0, 0.05) is 5.54 Å². The van der Waals surface area contributed by atoms with Crippen molar-refractivity contribution in [1.29, 1.82) is 5.26 Å². The molecule has 0 spiro atoms. The Morgan fingerprint density at radius 1 is 1.37 bits per heavy atom. The fourth-order valence-electron chi connectivity index (χ4n) is 2.39. The van der Waals surface area contributed by atoms with Crippen molar-refractivity contribution in [2.24, 2.45) is 0 Å². The predicted molar refractivity (Wildman–Crippen MR) is 73.4 cm³/mol. The SMILES string of the molecule is CC1(NS(=O)(=O)c2ccc(C#N)c(Cl)c2)CCCC1. The summed E-state index contributed by atoms with van der Waals surface area (Å²) in [5.41, 5.74) is -0.105. The number of hydrogen-bond donors (Lipinski definition) is 1. The minimum atomic E-state index is -3.59. The third kappa shape index (κ3) is 3.08. The van der Waals surface area contributed by atoms with Crippen molar-refractivity contribution in [1.82, 2.24) is 4.72 Å². The summed E-state index contributed by atoms with van der Waals surface area (Å²) in [6.45, 7) is 1.92. The Morgan fingerprint density at radius 3 is 2.53 bits per heavy atom. The van der Waals surface area contributed by atoms with Crippen molar-refractivity contribution < 1.29 is 8.42 Å². The lowest BCUT2D eigenvalue weighted by atomic mass is 10.0. The Hall–Kier alpha value is -1.09. The molecule has 0 unspecified atom stereocenters. The Balaban J connectivity index is 2.30. The van der Waals surface area contributed by atoms with E-state index in [0.717, 1.165) is 25.7 Å². The molecule has 0 amide bonds. The summed E-state index contributed by atoms with van der Waals surface area (Å²) >= 11 is 5.87. The Labute approximate surface area is 118 Å². The molecule has 1 aromatic rings. The molecule has 1 aliphatic rings. The van der Waals surface area contributed by atoms with Gasteiger partial charge in [-0.1, -0.05) is 24.4 Å². The summed E-state index contributed by atoms with van der Waals surface area (Å²) in [6.07, 6.45) is 3.76. The summed E-state index contributed by atoms with van der Waals surface area (Å²) in [4.78, 5) is 0.102. The lowest BCUT2D eigenvalue weighted by Crippen LogP contribution is -2.43. The maximum absolute atomic E-state index is 12.3. The average molecular weight is 299 g/mol. The molecule has 0 radical (unpaired) electrons. The first-order chi connectivity index (χ1) is 8.86. The molecule has 1 fully saturated rings. The van der Waals surface area contributed by atoms with Crippen LogP contribution in [-0.4, -0.2) is 14.0 Å². The molecule has 4 nitrogen and oxygen atoms in total. The summed E-state index contributed by atoms with van der Waals surface area (Å²) in [5, 5.41) is 8.94. The van der Waals surface area contributed by atoms with Gasteiger partial charge in [0.05, 0.1) is 15.5 Å². The van der Waals surface area contributed by atoms with Gasteiger partial charge in [-0.2, -0.15) is 5.26 Å². The minimum absolute atomic E-state index is 0.102. The third-order valence-electron chi connectivity index (χ3n) is 3.46. The van der Waals surface area contributed by atoms with E-state index in [0.29, 0.717) is 0 Å². The van der Waals surface area contributed by atoms with Crippen molar-refractivity contribution in [3.05, 3.63) is 28.8 Å². The van der Waals surface area contributed by atoms with Crippen LogP contribution < -0.4 is 4.72 Å². The molecular weight excluding hydrogens is 284 g/mol. The van der Waals surface area contributed by atoms with Crippen molar-refractivity contribution in [3.8, 4) is 6.07 Å². The van der Waals surface area contributed by atoms with Gasteiger partial charge in [-0.15, -0.1) is 0 Å². The van der Waals surface area contributed by atoms with E-state index in [1.165, 1.54) is 18.2 Å². The van der Waals surface area contributed by atoms with Crippen LogP contribution >= 0.6 is 11.6 Å². The predicted octanol–water partition coefficient (Wildman–Crippen LogP) is 2.82. The molecule has 0 heterocycles. The summed E-state index contributed by atoms with van der Waals surface area (Å²) in [6, 6.07) is 6.06. The molecule has 19 heavy (non-hydrogen) atoms. The summed E-state index contributed by atoms with van der Waals surface area (Å²) in [7, 11) is -3.59. The van der Waals surface area contributed by atoms with Crippen molar-refractivity contribution >= 4 is 21.6 Å². The largest absolute Gasteiger partial charge is 0.241 e. The lowest BCUT2D eigenvalue weighted by Gasteiger charge is -2.24. The highest BCUT2D eigenvalue weighted by Crippen LogP contribution is 2.31. The zero-order valence-electron chi connectivity index (χ0n) is 10.6. The van der Waals surface area contributed by atoms with Gasteiger partial charge in [-0.25, -0.2) is 13.1 Å². The number of nitrogens with zero attached hydrogens (tertiary/aromatic N) is 1. The maximum atomic E-state index is 12.3. The van der Waals surface area contributed by atoms with Gasteiger partial charge >= 0.3 is 0 Å². The van der Waals surface area contributed by atoms with Gasteiger partial charge in [-0.05, 0) is 38.0 Å². The second kappa shape index (κ2) is 5.12. The first-order valence-corrected chi connectivity index (χ1v) is 7.96. The fourth-order valence-corrected chi connectivity index (χ4v) is 4.17. The molecule has 0 aliphatic heterocycles. The zero-order chi connectivity index (χ0) is 14.1. The normalized spacial score (nSPS) is 18.2. The Kier molecular flexibility index (Phi) is 3.86. The second-order valence-electron chi connectivity index (χ2n) is 5.13. The van der Waals surface area contributed by atoms with E-state index in [9.17, 15) is 8.42 Å². The number of hydrogen-bond acceptors (Lipinski definition) is 3. The fraction of sp³-hybridized carbons (Fsp3) is 0.462. The average Bonchev–Trinajstić information content (AvgIpc) is 2.74. The van der Waals surface area contributed by atoms with Crippen molar-refractivity contribution in [3.63, 3.8) is 0 Å². The molecular formula is C13H15ClN2O2S. The molecule has 102 valence electrons. The third-order valence-corrected chi connectivity index (χ3v) is 5.41. The molecule has 2 rings (SSSR count). The molecule has 1 aliphatic carbocycles.